The van der Waals surface area contributed by atoms with Crippen molar-refractivity contribution in [2.24, 2.45) is 0 Å². The highest BCUT2D eigenvalue weighted by Gasteiger charge is 2.03. The normalized spacial score (nSPS) is 11.0. The third-order valence-corrected chi connectivity index (χ3v) is 2.59. The number of unbranched alkanes of at least 4 members (excludes halogenated alkanes) is 1. The van der Waals surface area contributed by atoms with Gasteiger partial charge in [0, 0.05) is 6.54 Å². The Morgan fingerprint density at radius 3 is 3.00 bits per heavy atom. The summed E-state index contributed by atoms with van der Waals surface area (Å²) in [6.45, 7) is 5.44. The predicted molar refractivity (Wildman–Crippen MR) is 59.4 cm³/mol. The van der Waals surface area contributed by atoms with Gasteiger partial charge in [-0.25, -0.2) is 4.98 Å². The Balaban J connectivity index is 2.45. The van der Waals surface area contributed by atoms with Crippen molar-refractivity contribution in [1.29, 1.82) is 0 Å². The molecule has 0 aliphatic rings. The third kappa shape index (κ3) is 1.52. The first kappa shape index (κ1) is 9.25. The van der Waals surface area contributed by atoms with Crippen LogP contribution in [0.3, 0.4) is 0 Å². The van der Waals surface area contributed by atoms with E-state index in [-0.39, 0.29) is 0 Å². The molecule has 1 aromatic carbocycles. The highest BCUT2D eigenvalue weighted by atomic mass is 15.0. The number of aromatic nitrogens is 2. The van der Waals surface area contributed by atoms with Gasteiger partial charge in [0.25, 0.3) is 0 Å². The van der Waals surface area contributed by atoms with E-state index in [0.29, 0.717) is 0 Å². The summed E-state index contributed by atoms with van der Waals surface area (Å²) in [5, 5.41) is 0. The van der Waals surface area contributed by atoms with Crippen molar-refractivity contribution in [2.45, 2.75) is 33.2 Å². The summed E-state index contributed by atoms with van der Waals surface area (Å²) in [6.07, 6.45) is 4.40. The smallest absolute Gasteiger partial charge is 0.0958 e. The van der Waals surface area contributed by atoms with Crippen LogP contribution < -0.4 is 0 Å². The average molecular weight is 188 g/mol. The number of fused-ring (bicyclic) bond motifs is 1. The van der Waals surface area contributed by atoms with Gasteiger partial charge in [-0.15, -0.1) is 0 Å². The quantitative estimate of drug-likeness (QED) is 0.723. The molecule has 1 heterocycles. The number of hydrogen-bond donors (Lipinski definition) is 0. The molecule has 2 heteroatoms. The topological polar surface area (TPSA) is 17.8 Å². The summed E-state index contributed by atoms with van der Waals surface area (Å²) in [4.78, 5) is 4.40. The lowest BCUT2D eigenvalue weighted by molar-refractivity contribution is 0.645. The third-order valence-electron chi connectivity index (χ3n) is 2.59. The monoisotopic (exact) mass is 188 g/mol. The first-order valence-electron chi connectivity index (χ1n) is 5.23. The summed E-state index contributed by atoms with van der Waals surface area (Å²) < 4.78 is 2.26. The van der Waals surface area contributed by atoms with Gasteiger partial charge in [0.05, 0.1) is 17.4 Å². The van der Waals surface area contributed by atoms with Crippen molar-refractivity contribution in [2.75, 3.05) is 0 Å². The van der Waals surface area contributed by atoms with Crippen LogP contribution in [-0.2, 0) is 6.54 Å². The second-order valence-electron chi connectivity index (χ2n) is 3.73. The maximum absolute atomic E-state index is 4.40. The maximum Gasteiger partial charge on any atom is 0.0958 e. The molecule has 0 atom stereocenters. The summed E-state index contributed by atoms with van der Waals surface area (Å²) in [5.41, 5.74) is 3.72. The number of imidazole rings is 1. The van der Waals surface area contributed by atoms with Crippen molar-refractivity contribution in [3.05, 3.63) is 30.1 Å². The van der Waals surface area contributed by atoms with Gasteiger partial charge in [0.15, 0.2) is 0 Å². The lowest BCUT2D eigenvalue weighted by Gasteiger charge is -2.04. The molecule has 14 heavy (non-hydrogen) atoms. The number of aryl methyl sites for hydroxylation is 2. The number of para-hydroxylation sites is 1. The molecule has 0 spiro atoms. The van der Waals surface area contributed by atoms with Crippen LogP contribution in [-0.4, -0.2) is 9.55 Å². The summed E-state index contributed by atoms with van der Waals surface area (Å²) in [5.74, 6) is 0. The van der Waals surface area contributed by atoms with Crippen molar-refractivity contribution in [1.82, 2.24) is 9.55 Å². The van der Waals surface area contributed by atoms with Crippen molar-refractivity contribution in [3.8, 4) is 0 Å². The molecule has 0 fully saturated rings. The molecule has 74 valence electrons. The highest BCUT2D eigenvalue weighted by Crippen LogP contribution is 2.17. The summed E-state index contributed by atoms with van der Waals surface area (Å²) in [6, 6.07) is 6.28. The Morgan fingerprint density at radius 1 is 1.36 bits per heavy atom. The molecule has 0 unspecified atom stereocenters. The van der Waals surface area contributed by atoms with E-state index in [2.05, 4.69) is 41.6 Å². The van der Waals surface area contributed by atoms with E-state index in [1.165, 1.54) is 23.9 Å². The van der Waals surface area contributed by atoms with Gasteiger partial charge in [-0.3, -0.25) is 0 Å². The van der Waals surface area contributed by atoms with Gasteiger partial charge < -0.3 is 4.57 Å². The molecule has 0 aliphatic carbocycles. The lowest BCUT2D eigenvalue weighted by Crippen LogP contribution is -1.96. The number of nitrogens with zero attached hydrogens (tertiary/aromatic N) is 2. The second-order valence-corrected chi connectivity index (χ2v) is 3.73. The molecule has 0 saturated carbocycles. The van der Waals surface area contributed by atoms with Crippen LogP contribution in [0.2, 0.25) is 0 Å². The molecule has 2 aromatic rings. The predicted octanol–water partition coefficient (Wildman–Crippen LogP) is 3.14. The fourth-order valence-electron chi connectivity index (χ4n) is 1.81. The first-order valence-corrected chi connectivity index (χ1v) is 5.23. The van der Waals surface area contributed by atoms with Crippen LogP contribution in [0.25, 0.3) is 11.0 Å². The maximum atomic E-state index is 4.40. The van der Waals surface area contributed by atoms with Gasteiger partial charge >= 0.3 is 0 Å². The SMILES string of the molecule is CCCCn1cnc2cccc(C)c21. The van der Waals surface area contributed by atoms with Gasteiger partial charge in [-0.1, -0.05) is 25.5 Å². The van der Waals surface area contributed by atoms with E-state index >= 15 is 0 Å². The summed E-state index contributed by atoms with van der Waals surface area (Å²) in [7, 11) is 0. The lowest BCUT2D eigenvalue weighted by atomic mass is 10.2. The Kier molecular flexibility index (Phi) is 2.53. The number of benzene rings is 1. The molecule has 0 amide bonds. The zero-order valence-electron chi connectivity index (χ0n) is 8.83. The fourth-order valence-corrected chi connectivity index (χ4v) is 1.81. The van der Waals surface area contributed by atoms with Crippen molar-refractivity contribution < 1.29 is 0 Å². The fraction of sp³-hybridized carbons (Fsp3) is 0.417. The van der Waals surface area contributed by atoms with E-state index < -0.39 is 0 Å². The van der Waals surface area contributed by atoms with Gasteiger partial charge in [-0.05, 0) is 25.0 Å². The molecule has 2 rings (SSSR count). The van der Waals surface area contributed by atoms with Crippen LogP contribution >= 0.6 is 0 Å². The summed E-state index contributed by atoms with van der Waals surface area (Å²) >= 11 is 0. The molecule has 0 aliphatic heterocycles. The van der Waals surface area contributed by atoms with Crippen LogP contribution in [0.1, 0.15) is 25.3 Å². The molecule has 0 bridgehead atoms. The highest BCUT2D eigenvalue weighted by molar-refractivity contribution is 5.78. The van der Waals surface area contributed by atoms with Crippen LogP contribution in [0.5, 0.6) is 0 Å². The zero-order valence-corrected chi connectivity index (χ0v) is 8.83. The molecule has 1 aromatic heterocycles. The second kappa shape index (κ2) is 3.82. The van der Waals surface area contributed by atoms with Crippen LogP contribution in [0.15, 0.2) is 24.5 Å². The van der Waals surface area contributed by atoms with E-state index in [9.17, 15) is 0 Å². The first-order chi connectivity index (χ1) is 6.83. The molecule has 0 saturated heterocycles. The minimum atomic E-state index is 1.08. The van der Waals surface area contributed by atoms with Gasteiger partial charge in [-0.2, -0.15) is 0 Å². The zero-order chi connectivity index (χ0) is 9.97. The Bertz CT molecular complexity index is 429. The molecule has 0 radical (unpaired) electrons. The molecule has 2 nitrogen and oxygen atoms in total. The molecule has 0 N–H and O–H groups in total. The number of hydrogen-bond acceptors (Lipinski definition) is 1. The Morgan fingerprint density at radius 2 is 2.21 bits per heavy atom. The molecular weight excluding hydrogens is 172 g/mol. The largest absolute Gasteiger partial charge is 0.330 e. The van der Waals surface area contributed by atoms with Crippen LogP contribution in [0, 0.1) is 6.92 Å². The minimum Gasteiger partial charge on any atom is -0.330 e. The van der Waals surface area contributed by atoms with E-state index in [1.54, 1.807) is 0 Å². The Labute approximate surface area is 84.6 Å². The van der Waals surface area contributed by atoms with Crippen LogP contribution in [0.4, 0.5) is 0 Å². The van der Waals surface area contributed by atoms with Crippen molar-refractivity contribution in [3.63, 3.8) is 0 Å². The standard InChI is InChI=1S/C12H16N2/c1-3-4-8-14-9-13-11-7-5-6-10(2)12(11)14/h5-7,9H,3-4,8H2,1-2H3. The average Bonchev–Trinajstić information content (AvgIpc) is 2.59. The minimum absolute atomic E-state index is 1.08. The Hall–Kier alpha value is -1.31. The van der Waals surface area contributed by atoms with E-state index in [0.717, 1.165) is 12.1 Å². The van der Waals surface area contributed by atoms with E-state index in [1.807, 2.05) is 6.33 Å². The van der Waals surface area contributed by atoms with Crippen molar-refractivity contribution >= 4 is 11.0 Å². The van der Waals surface area contributed by atoms with E-state index in [4.69, 9.17) is 0 Å². The van der Waals surface area contributed by atoms with Gasteiger partial charge in [0.2, 0.25) is 0 Å². The molecular formula is C12H16N2. The van der Waals surface area contributed by atoms with Gasteiger partial charge in [0.1, 0.15) is 0 Å². The number of rotatable bonds is 3.